The number of fused-ring (bicyclic) bond motifs is 1. The molecule has 0 fully saturated rings. The molecule has 2 N–H and O–H groups in total. The van der Waals surface area contributed by atoms with Gasteiger partial charge in [0.1, 0.15) is 0 Å². The van der Waals surface area contributed by atoms with Crippen LogP contribution in [0.15, 0.2) is 24.3 Å². The van der Waals surface area contributed by atoms with Crippen molar-refractivity contribution in [1.82, 2.24) is 0 Å². The molecule has 14 heavy (non-hydrogen) atoms. The van der Waals surface area contributed by atoms with Gasteiger partial charge in [0, 0.05) is 12.7 Å². The van der Waals surface area contributed by atoms with E-state index in [1.807, 2.05) is 24.3 Å². The lowest BCUT2D eigenvalue weighted by atomic mass is 10.1. The van der Waals surface area contributed by atoms with Crippen molar-refractivity contribution in [2.75, 3.05) is 11.9 Å². The van der Waals surface area contributed by atoms with Crippen LogP contribution in [0.25, 0.3) is 0 Å². The average Bonchev–Trinajstić information content (AvgIpc) is 2.31. The Morgan fingerprint density at radius 1 is 1.57 bits per heavy atom. The Labute approximate surface area is 84.9 Å². The highest BCUT2D eigenvalue weighted by molar-refractivity contribution is 5.97. The minimum absolute atomic E-state index is 0.340. The molecule has 3 heteroatoms. The first-order valence-electron chi connectivity index (χ1n) is 5.17. The molecule has 1 atom stereocenters. The second-order valence-corrected chi connectivity index (χ2v) is 3.52. The molecule has 74 valence electrons. The lowest BCUT2D eigenvalue weighted by Gasteiger charge is -2.18. The number of nitrogens with two attached hydrogens (primary N) is 1. The number of benzene rings is 1. The summed E-state index contributed by atoms with van der Waals surface area (Å²) in [5.41, 5.74) is 7.61. The fraction of sp³-hybridized carbons (Fsp3) is 0.364. The van der Waals surface area contributed by atoms with E-state index in [9.17, 15) is 4.79 Å². The predicted molar refractivity (Wildman–Crippen MR) is 56.1 cm³/mol. The van der Waals surface area contributed by atoms with Gasteiger partial charge in [0.25, 0.3) is 0 Å². The highest BCUT2D eigenvalue weighted by atomic mass is 16.2. The van der Waals surface area contributed by atoms with Crippen molar-refractivity contribution in [3.8, 4) is 0 Å². The topological polar surface area (TPSA) is 46.3 Å². The maximum absolute atomic E-state index is 11.8. The molecule has 0 saturated carbocycles. The zero-order chi connectivity index (χ0) is 11.1. The first kappa shape index (κ1) is 8.00. The van der Waals surface area contributed by atoms with E-state index in [-0.39, 0.29) is 5.91 Å². The molecule has 2 rings (SSSR count). The van der Waals surface area contributed by atoms with Gasteiger partial charge >= 0.3 is 0 Å². The van der Waals surface area contributed by atoms with Gasteiger partial charge in [0.2, 0.25) is 5.91 Å². The fourth-order valence-corrected chi connectivity index (χ4v) is 1.75. The summed E-state index contributed by atoms with van der Waals surface area (Å²) in [6.45, 7) is 0. The Morgan fingerprint density at radius 2 is 2.29 bits per heavy atom. The molecule has 1 aromatic rings. The zero-order valence-electron chi connectivity index (χ0n) is 9.16. The van der Waals surface area contributed by atoms with E-state index in [0.717, 1.165) is 11.3 Å². The van der Waals surface area contributed by atoms with Crippen LogP contribution in [0.4, 0.5) is 5.69 Å². The van der Waals surface area contributed by atoms with E-state index < -0.39 is 6.02 Å². The first-order chi connectivity index (χ1) is 7.02. The molecule has 3 nitrogen and oxygen atoms in total. The molecular weight excluding hydrogens is 176 g/mol. The summed E-state index contributed by atoms with van der Waals surface area (Å²) in [5, 5.41) is 0. The normalized spacial score (nSPS) is 28.0. The number of likely N-dealkylation sites (N-methyl/N-ethyl adjacent to an activating group) is 1. The molecule has 1 aromatic carbocycles. The number of aryl methyl sites for hydroxylation is 1. The van der Waals surface area contributed by atoms with Crippen molar-refractivity contribution < 1.29 is 6.17 Å². The summed E-state index contributed by atoms with van der Waals surface area (Å²) < 4.78 is 7.76. The van der Waals surface area contributed by atoms with Crippen molar-refractivity contribution in [3.63, 3.8) is 0 Å². The van der Waals surface area contributed by atoms with E-state index in [1.165, 1.54) is 4.90 Å². The Hall–Kier alpha value is -1.35. The van der Waals surface area contributed by atoms with Crippen molar-refractivity contribution in [2.45, 2.75) is 18.9 Å². The monoisotopic (exact) mass is 191 g/mol. The summed E-state index contributed by atoms with van der Waals surface area (Å²) in [6, 6.07) is 6.18. The zero-order valence-corrected chi connectivity index (χ0v) is 8.16. The van der Waals surface area contributed by atoms with Gasteiger partial charge in [0.15, 0.2) is 0 Å². The van der Waals surface area contributed by atoms with Crippen LogP contribution in [0.3, 0.4) is 0 Å². The second-order valence-electron chi connectivity index (χ2n) is 3.52. The molecule has 1 amide bonds. The molecule has 1 heterocycles. The lowest BCUT2D eigenvalue weighted by Crippen LogP contribution is -2.40. The van der Waals surface area contributed by atoms with Crippen LogP contribution >= 0.6 is 0 Å². The summed E-state index contributed by atoms with van der Waals surface area (Å²) in [5.74, 6) is -0.340. The van der Waals surface area contributed by atoms with Crippen molar-refractivity contribution in [3.05, 3.63) is 29.8 Å². The highest BCUT2D eigenvalue weighted by Gasteiger charge is 2.24. The van der Waals surface area contributed by atoms with Gasteiger partial charge in [-0.1, -0.05) is 18.2 Å². The molecule has 0 radical (unpaired) electrons. The molecule has 0 aromatic heterocycles. The fourth-order valence-electron chi connectivity index (χ4n) is 1.75. The second kappa shape index (κ2) is 3.42. The molecule has 0 spiro atoms. The van der Waals surface area contributed by atoms with E-state index in [2.05, 4.69) is 0 Å². The number of anilines is 1. The summed E-state index contributed by atoms with van der Waals surface area (Å²) >= 11 is 0. The lowest BCUT2D eigenvalue weighted by molar-refractivity contribution is -0.119. The number of carbonyl (C=O) groups is 1. The number of amides is 1. The minimum atomic E-state index is -1.49. The van der Waals surface area contributed by atoms with Gasteiger partial charge in [-0.05, 0) is 24.5 Å². The average molecular weight is 191 g/mol. The van der Waals surface area contributed by atoms with Gasteiger partial charge in [-0.2, -0.15) is 0 Å². The van der Waals surface area contributed by atoms with Crippen molar-refractivity contribution in [1.29, 1.82) is 0 Å². The predicted octanol–water partition coefficient (Wildman–Crippen LogP) is 0.923. The van der Waals surface area contributed by atoms with Crippen LogP contribution in [-0.2, 0) is 11.2 Å². The van der Waals surface area contributed by atoms with E-state index in [0.29, 0.717) is 12.8 Å². The number of para-hydroxylation sites is 1. The smallest absolute Gasteiger partial charge is 0.243 e. The quantitative estimate of drug-likeness (QED) is 0.663. The number of hydrogen-bond acceptors (Lipinski definition) is 2. The Balaban J connectivity index is 2.48. The van der Waals surface area contributed by atoms with Crippen molar-refractivity contribution in [2.24, 2.45) is 5.73 Å². The highest BCUT2D eigenvalue weighted by Crippen LogP contribution is 2.24. The molecule has 0 aliphatic carbocycles. The van der Waals surface area contributed by atoms with Gasteiger partial charge in [0.05, 0.1) is 7.39 Å². The first-order valence-corrected chi connectivity index (χ1v) is 4.67. The third-order valence-corrected chi connectivity index (χ3v) is 2.60. The molecule has 1 aliphatic heterocycles. The van der Waals surface area contributed by atoms with E-state index in [1.54, 1.807) is 7.05 Å². The summed E-state index contributed by atoms with van der Waals surface area (Å²) in [7, 11) is 1.67. The molecule has 1 unspecified atom stereocenters. The molecule has 0 bridgehead atoms. The third-order valence-electron chi connectivity index (χ3n) is 2.60. The number of carbonyl (C=O) groups excluding carboxylic acids is 1. The van der Waals surface area contributed by atoms with Crippen LogP contribution in [0.2, 0.25) is 0 Å². The molecule has 1 aliphatic rings. The van der Waals surface area contributed by atoms with Crippen LogP contribution in [-0.4, -0.2) is 19.0 Å². The van der Waals surface area contributed by atoms with Crippen LogP contribution < -0.4 is 10.6 Å². The largest absolute Gasteiger partial charge is 0.320 e. The summed E-state index contributed by atoms with van der Waals surface area (Å²) in [4.78, 5) is 13.3. The van der Waals surface area contributed by atoms with Gasteiger partial charge in [-0.25, -0.2) is 0 Å². The summed E-state index contributed by atoms with van der Waals surface area (Å²) in [6.07, 6.45) is 1.04. The van der Waals surface area contributed by atoms with Crippen LogP contribution in [0.5, 0.6) is 0 Å². The maximum atomic E-state index is 11.8. The molecule has 0 saturated heterocycles. The number of hydrogen-bond donors (Lipinski definition) is 1. The van der Waals surface area contributed by atoms with Gasteiger partial charge in [-0.3, -0.25) is 4.79 Å². The third kappa shape index (κ3) is 1.40. The Bertz CT molecular complexity index is 403. The Kier molecular flexibility index (Phi) is 1.96. The van der Waals surface area contributed by atoms with Crippen LogP contribution in [0, 0.1) is 0 Å². The van der Waals surface area contributed by atoms with E-state index >= 15 is 0 Å². The van der Waals surface area contributed by atoms with Gasteiger partial charge < -0.3 is 10.6 Å². The Morgan fingerprint density at radius 3 is 3.07 bits per heavy atom. The minimum Gasteiger partial charge on any atom is -0.320 e. The van der Waals surface area contributed by atoms with E-state index in [4.69, 9.17) is 7.10 Å². The maximum Gasteiger partial charge on any atom is 0.243 e. The van der Waals surface area contributed by atoms with Crippen LogP contribution in [0.1, 0.15) is 13.4 Å². The van der Waals surface area contributed by atoms with Gasteiger partial charge in [-0.15, -0.1) is 0 Å². The number of nitrogens with zero attached hydrogens (tertiary/aromatic N) is 1. The SMILES string of the molecule is [2H]C1(N)CCc2ccccc2N(C)C1=O. The molecular formula is C11H14N2O. The number of rotatable bonds is 0. The van der Waals surface area contributed by atoms with Crippen molar-refractivity contribution >= 4 is 11.6 Å². The standard InChI is InChI=1S/C11H14N2O/c1-13-10-5-3-2-4-8(10)6-7-9(12)11(13)14/h2-5,9H,6-7,12H2,1H3/i9D.